The van der Waals surface area contributed by atoms with Crippen LogP contribution in [0.15, 0.2) is 91.4 Å². The van der Waals surface area contributed by atoms with Crippen LogP contribution in [0.5, 0.6) is 0 Å². The Morgan fingerprint density at radius 3 is 2.33 bits per heavy atom. The molecule has 9 aromatic rings. The third kappa shape index (κ3) is 5.14. The number of imidazole rings is 2. The molecule has 0 atom stereocenters. The van der Waals surface area contributed by atoms with Crippen molar-refractivity contribution in [2.24, 2.45) is 7.05 Å². The van der Waals surface area contributed by atoms with Gasteiger partial charge in [-0.2, -0.15) is 0 Å². The lowest BCUT2D eigenvalue weighted by atomic mass is 10.00. The smallest absolute Gasteiger partial charge is 0.110 e. The Morgan fingerprint density at radius 1 is 0.612 bits per heavy atom. The number of aryl methyl sites for hydroxylation is 7. The maximum Gasteiger partial charge on any atom is 0.110 e. The fraction of sp³-hybridized carbons (Fsp3) is 0.175. The summed E-state index contributed by atoms with van der Waals surface area (Å²) < 4.78 is 2.20. The number of aromatic nitrogens is 9. The van der Waals surface area contributed by atoms with E-state index in [4.69, 9.17) is 34.9 Å². The van der Waals surface area contributed by atoms with Crippen molar-refractivity contribution in [2.75, 3.05) is 0 Å². The third-order valence-electron chi connectivity index (χ3n) is 9.53. The highest BCUT2D eigenvalue weighted by Crippen LogP contribution is 2.35. The zero-order valence-electron chi connectivity index (χ0n) is 27.6. The van der Waals surface area contributed by atoms with Gasteiger partial charge in [0, 0.05) is 49.4 Å². The van der Waals surface area contributed by atoms with Gasteiger partial charge in [0.05, 0.1) is 61.0 Å². The highest BCUT2D eigenvalue weighted by atomic mass is 15.1. The Labute approximate surface area is 282 Å². The minimum atomic E-state index is 0.740. The fourth-order valence-corrected chi connectivity index (χ4v) is 6.91. The summed E-state index contributed by atoms with van der Waals surface area (Å²) in [5.41, 5.74) is 14.9. The van der Waals surface area contributed by atoms with Crippen LogP contribution in [0, 0.1) is 13.8 Å². The van der Waals surface area contributed by atoms with Crippen molar-refractivity contribution >= 4 is 55.0 Å². The lowest BCUT2D eigenvalue weighted by molar-refractivity contribution is 0.776. The predicted molar refractivity (Wildman–Crippen MR) is 194 cm³/mol. The second-order valence-corrected chi connectivity index (χ2v) is 12.8. The molecule has 0 radical (unpaired) electrons. The number of nitrogens with one attached hydrogen (secondary N) is 1. The highest BCUT2D eigenvalue weighted by Gasteiger charge is 2.17. The van der Waals surface area contributed by atoms with E-state index in [1.54, 1.807) is 0 Å². The van der Waals surface area contributed by atoms with Crippen LogP contribution in [0.25, 0.3) is 66.2 Å². The van der Waals surface area contributed by atoms with Gasteiger partial charge in [0.1, 0.15) is 11.6 Å². The van der Waals surface area contributed by atoms with E-state index in [0.29, 0.717) is 0 Å². The summed E-state index contributed by atoms with van der Waals surface area (Å²) in [5, 5.41) is 1.07. The van der Waals surface area contributed by atoms with Crippen molar-refractivity contribution in [2.45, 2.75) is 39.5 Å². The van der Waals surface area contributed by atoms with Gasteiger partial charge in [0.25, 0.3) is 0 Å². The minimum Gasteiger partial charge on any atom is -0.342 e. The average Bonchev–Trinajstić information content (AvgIpc) is 3.70. The molecule has 5 heterocycles. The second kappa shape index (κ2) is 11.6. The van der Waals surface area contributed by atoms with Crippen LogP contribution >= 0.6 is 0 Å². The number of aromatic amines is 1. The van der Waals surface area contributed by atoms with Crippen molar-refractivity contribution in [3.63, 3.8) is 0 Å². The van der Waals surface area contributed by atoms with E-state index in [0.717, 1.165) is 126 Å². The number of pyridine rings is 1. The van der Waals surface area contributed by atoms with Gasteiger partial charge in [0.2, 0.25) is 0 Å². The second-order valence-electron chi connectivity index (χ2n) is 12.8. The summed E-state index contributed by atoms with van der Waals surface area (Å²) in [5.74, 6) is 1.95. The van der Waals surface area contributed by atoms with Crippen molar-refractivity contribution in [3.05, 3.63) is 126 Å². The number of hydrogen-bond donors (Lipinski definition) is 1. The zero-order chi connectivity index (χ0) is 33.1. The van der Waals surface area contributed by atoms with E-state index >= 15 is 0 Å². The molecule has 0 aliphatic heterocycles. The monoisotopic (exact) mass is 639 g/mol. The molecule has 0 amide bonds. The molecule has 9 rings (SSSR count). The van der Waals surface area contributed by atoms with Crippen LogP contribution in [-0.4, -0.2) is 44.4 Å². The molecule has 0 aliphatic carbocycles. The number of nitrogens with zero attached hydrogens (tertiary/aromatic N) is 8. The minimum absolute atomic E-state index is 0.740. The molecule has 5 aromatic heterocycles. The van der Waals surface area contributed by atoms with Crippen LogP contribution in [0.3, 0.4) is 0 Å². The maximum absolute atomic E-state index is 5.15. The van der Waals surface area contributed by atoms with E-state index < -0.39 is 0 Å². The van der Waals surface area contributed by atoms with Gasteiger partial charge < -0.3 is 9.55 Å². The van der Waals surface area contributed by atoms with Gasteiger partial charge in [-0.05, 0) is 85.8 Å². The molecule has 0 saturated heterocycles. The molecule has 49 heavy (non-hydrogen) atoms. The first kappa shape index (κ1) is 29.1. The molecular formula is C40H33N9. The van der Waals surface area contributed by atoms with Gasteiger partial charge in [0.15, 0.2) is 0 Å². The topological polar surface area (TPSA) is 111 Å². The van der Waals surface area contributed by atoms with Crippen LogP contribution < -0.4 is 0 Å². The van der Waals surface area contributed by atoms with E-state index in [-0.39, 0.29) is 0 Å². The largest absolute Gasteiger partial charge is 0.342 e. The molecule has 1 N–H and O–H groups in total. The molecule has 0 bridgehead atoms. The van der Waals surface area contributed by atoms with E-state index in [1.165, 1.54) is 0 Å². The standard InChI is InChI=1S/C40H33N9/c1-23-10-11-24(2)38-37(23)43-22-27(45-38)14-17-36-48-34-20-29(39-28(7-6-18-41-39)40(34)49(36)3)25-12-15-30-33(19-25)44-26(21-42-30)13-16-35-46-31-8-4-5-9-32(31)47-35/h4-12,15,18-22H,13-14,16-17H2,1-3H3,(H,46,47). The molecule has 0 spiro atoms. The number of rotatable bonds is 7. The summed E-state index contributed by atoms with van der Waals surface area (Å²) in [4.78, 5) is 37.6. The lowest BCUT2D eigenvalue weighted by Gasteiger charge is -2.10. The Balaban J connectivity index is 1.04. The van der Waals surface area contributed by atoms with Gasteiger partial charge in [-0.3, -0.25) is 15.0 Å². The molecule has 0 aliphatic rings. The number of H-pyrrole nitrogens is 1. The van der Waals surface area contributed by atoms with Gasteiger partial charge in [-0.25, -0.2) is 19.9 Å². The summed E-state index contributed by atoms with van der Waals surface area (Å²) in [6.45, 7) is 4.17. The number of fused-ring (bicyclic) bond motifs is 6. The first-order valence-corrected chi connectivity index (χ1v) is 16.6. The van der Waals surface area contributed by atoms with Crippen molar-refractivity contribution in [3.8, 4) is 11.1 Å². The van der Waals surface area contributed by atoms with Crippen LogP contribution in [0.4, 0.5) is 0 Å². The van der Waals surface area contributed by atoms with Crippen molar-refractivity contribution in [1.29, 1.82) is 0 Å². The molecule has 238 valence electrons. The van der Waals surface area contributed by atoms with Gasteiger partial charge in [-0.15, -0.1) is 0 Å². The Morgan fingerprint density at radius 2 is 1.43 bits per heavy atom. The quantitative estimate of drug-likeness (QED) is 0.190. The predicted octanol–water partition coefficient (Wildman–Crippen LogP) is 7.74. The van der Waals surface area contributed by atoms with Gasteiger partial charge >= 0.3 is 0 Å². The average molecular weight is 640 g/mol. The highest BCUT2D eigenvalue weighted by molar-refractivity contribution is 6.10. The molecule has 0 unspecified atom stereocenters. The molecule has 0 fully saturated rings. The summed E-state index contributed by atoms with van der Waals surface area (Å²) in [7, 11) is 2.09. The van der Waals surface area contributed by atoms with Gasteiger partial charge in [-0.1, -0.05) is 30.3 Å². The Hall–Kier alpha value is -6.09. The van der Waals surface area contributed by atoms with Crippen LogP contribution in [-0.2, 0) is 32.7 Å². The lowest BCUT2D eigenvalue weighted by Crippen LogP contribution is -2.03. The van der Waals surface area contributed by atoms with E-state index in [9.17, 15) is 0 Å². The number of benzene rings is 4. The van der Waals surface area contributed by atoms with Crippen molar-refractivity contribution < 1.29 is 0 Å². The third-order valence-corrected chi connectivity index (χ3v) is 9.53. The van der Waals surface area contributed by atoms with E-state index in [2.05, 4.69) is 66.8 Å². The molecule has 0 saturated carbocycles. The SMILES string of the molecule is Cc1ccc(C)c2nc(CCc3nc4cc(-c5ccc6ncc(CCc7nc8ccccc8[nH]7)nc6c5)c5ncccc5c4n3C)cnc12. The summed E-state index contributed by atoms with van der Waals surface area (Å²) in [6, 6.07) is 24.9. The van der Waals surface area contributed by atoms with Crippen LogP contribution in [0.1, 0.15) is 34.2 Å². The zero-order valence-corrected chi connectivity index (χ0v) is 27.6. The van der Waals surface area contributed by atoms with Crippen molar-refractivity contribution in [1.82, 2.24) is 44.4 Å². The maximum atomic E-state index is 5.15. The fourth-order valence-electron chi connectivity index (χ4n) is 6.91. The number of hydrogen-bond acceptors (Lipinski definition) is 7. The first-order valence-electron chi connectivity index (χ1n) is 16.6. The Bertz CT molecular complexity index is 2690. The molecule has 9 heteroatoms. The molecular weight excluding hydrogens is 607 g/mol. The summed E-state index contributed by atoms with van der Waals surface area (Å²) >= 11 is 0. The Kier molecular flexibility index (Phi) is 6.86. The molecule has 9 nitrogen and oxygen atoms in total. The number of para-hydroxylation sites is 2. The van der Waals surface area contributed by atoms with E-state index in [1.807, 2.05) is 55.0 Å². The molecule has 4 aromatic carbocycles. The van der Waals surface area contributed by atoms with Crippen LogP contribution in [0.2, 0.25) is 0 Å². The first-order chi connectivity index (χ1) is 24.0. The normalized spacial score (nSPS) is 11.9. The summed E-state index contributed by atoms with van der Waals surface area (Å²) in [6.07, 6.45) is 8.62.